The van der Waals surface area contributed by atoms with Crippen LogP contribution < -0.4 is 9.47 Å². The van der Waals surface area contributed by atoms with Crippen LogP contribution >= 0.6 is 15.9 Å². The summed E-state index contributed by atoms with van der Waals surface area (Å²) in [6.45, 7) is 2.56. The third-order valence-corrected chi connectivity index (χ3v) is 4.99. The van der Waals surface area contributed by atoms with E-state index in [-0.39, 0.29) is 5.78 Å². The summed E-state index contributed by atoms with van der Waals surface area (Å²) < 4.78 is 17.9. The molecule has 0 aliphatic carbocycles. The van der Waals surface area contributed by atoms with Gasteiger partial charge in [0.2, 0.25) is 5.78 Å². The van der Waals surface area contributed by atoms with Crippen molar-refractivity contribution < 1.29 is 19.0 Å². The Hall–Kier alpha value is -2.15. The van der Waals surface area contributed by atoms with Gasteiger partial charge in [-0.3, -0.25) is 9.69 Å². The van der Waals surface area contributed by atoms with Gasteiger partial charge in [-0.25, -0.2) is 0 Å². The molecule has 0 aromatic heterocycles. The summed E-state index contributed by atoms with van der Waals surface area (Å²) in [5, 5.41) is 0. The van der Waals surface area contributed by atoms with E-state index < -0.39 is 0 Å². The number of halogens is 1. The van der Waals surface area contributed by atoms with Gasteiger partial charge in [-0.2, -0.15) is 0 Å². The summed E-state index contributed by atoms with van der Waals surface area (Å²) in [6, 6.07) is 11.4. The quantitative estimate of drug-likeness (QED) is 0.709. The molecule has 0 saturated heterocycles. The van der Waals surface area contributed by atoms with E-state index in [2.05, 4.69) is 20.8 Å². The van der Waals surface area contributed by atoms with Gasteiger partial charge >= 0.3 is 0 Å². The molecule has 2 aliphatic rings. The monoisotopic (exact) mass is 415 g/mol. The Morgan fingerprint density at radius 1 is 1.23 bits per heavy atom. The summed E-state index contributed by atoms with van der Waals surface area (Å²) in [5.41, 5.74) is 2.41. The SMILES string of the molecule is COCCN1COc2ccc3c(c2C1)O/C(=C\c1ccc(Br)cc1)C3=O. The second-order valence-electron chi connectivity index (χ2n) is 6.23. The number of carbonyl (C=O) groups excluding carboxylic acids is 1. The Kier molecular flexibility index (Phi) is 4.80. The number of methoxy groups -OCH3 is 1. The minimum atomic E-state index is -0.0975. The molecule has 4 rings (SSSR count). The predicted octanol–water partition coefficient (Wildman–Crippen LogP) is 3.86. The van der Waals surface area contributed by atoms with Crippen molar-refractivity contribution in [2.24, 2.45) is 0 Å². The fraction of sp³-hybridized carbons (Fsp3) is 0.250. The lowest BCUT2D eigenvalue weighted by Gasteiger charge is -2.29. The van der Waals surface area contributed by atoms with Crippen LogP contribution in [-0.2, 0) is 11.3 Å². The van der Waals surface area contributed by atoms with Crippen molar-refractivity contribution in [3.05, 3.63) is 63.3 Å². The molecule has 0 amide bonds. The number of Topliss-reactive ketones (excluding diaryl/α,β-unsaturated/α-hetero) is 1. The zero-order valence-corrected chi connectivity index (χ0v) is 15.9. The normalized spacial score (nSPS) is 17.6. The molecule has 0 bridgehead atoms. The highest BCUT2D eigenvalue weighted by Crippen LogP contribution is 2.41. The molecule has 0 radical (unpaired) electrons. The van der Waals surface area contributed by atoms with Crippen LogP contribution in [0.25, 0.3) is 6.08 Å². The Morgan fingerprint density at radius 3 is 2.81 bits per heavy atom. The lowest BCUT2D eigenvalue weighted by atomic mass is 10.0. The number of allylic oxidation sites excluding steroid dienone is 1. The third-order valence-electron chi connectivity index (χ3n) is 4.46. The standard InChI is InChI=1S/C20H18BrNO4/c1-24-9-8-22-11-16-17(25-12-22)7-6-15-19(23)18(26-20(15)16)10-13-2-4-14(21)5-3-13/h2-7,10H,8-9,11-12H2,1H3/b18-10-. The molecule has 134 valence electrons. The van der Waals surface area contributed by atoms with E-state index in [0.29, 0.717) is 37.0 Å². The van der Waals surface area contributed by atoms with Gasteiger partial charge in [-0.05, 0) is 35.9 Å². The largest absolute Gasteiger partial charge is 0.478 e. The van der Waals surface area contributed by atoms with Crippen LogP contribution in [0.5, 0.6) is 11.5 Å². The molecular weight excluding hydrogens is 398 g/mol. The molecule has 26 heavy (non-hydrogen) atoms. The number of hydrogen-bond donors (Lipinski definition) is 0. The highest BCUT2D eigenvalue weighted by atomic mass is 79.9. The minimum absolute atomic E-state index is 0.0975. The van der Waals surface area contributed by atoms with Crippen LogP contribution in [0.3, 0.4) is 0 Å². The molecule has 0 spiro atoms. The molecule has 0 unspecified atom stereocenters. The van der Waals surface area contributed by atoms with Crippen LogP contribution in [-0.4, -0.2) is 37.7 Å². The van der Waals surface area contributed by atoms with Crippen LogP contribution in [0.15, 0.2) is 46.6 Å². The first kappa shape index (κ1) is 17.3. The van der Waals surface area contributed by atoms with Gasteiger partial charge in [0.1, 0.15) is 18.2 Å². The first-order valence-corrected chi connectivity index (χ1v) is 9.15. The second kappa shape index (κ2) is 7.23. The van der Waals surface area contributed by atoms with E-state index in [1.165, 1.54) is 0 Å². The molecule has 6 heteroatoms. The molecule has 2 aromatic carbocycles. The Balaban J connectivity index is 1.63. The van der Waals surface area contributed by atoms with Gasteiger partial charge < -0.3 is 14.2 Å². The van der Waals surface area contributed by atoms with E-state index in [0.717, 1.165) is 27.9 Å². The summed E-state index contributed by atoms with van der Waals surface area (Å²) in [7, 11) is 1.68. The third kappa shape index (κ3) is 3.28. The fourth-order valence-corrected chi connectivity index (χ4v) is 3.34. The lowest BCUT2D eigenvalue weighted by Crippen LogP contribution is -2.34. The van der Waals surface area contributed by atoms with Gasteiger partial charge in [-0.15, -0.1) is 0 Å². The Labute approximate surface area is 160 Å². The number of carbonyl (C=O) groups is 1. The van der Waals surface area contributed by atoms with Crippen molar-refractivity contribution in [3.63, 3.8) is 0 Å². The van der Waals surface area contributed by atoms with Crippen LogP contribution in [0.1, 0.15) is 21.5 Å². The van der Waals surface area contributed by atoms with Crippen molar-refractivity contribution in [3.8, 4) is 11.5 Å². The molecule has 2 aromatic rings. The van der Waals surface area contributed by atoms with Gasteiger partial charge in [0, 0.05) is 24.7 Å². The fourth-order valence-electron chi connectivity index (χ4n) is 3.08. The minimum Gasteiger partial charge on any atom is -0.478 e. The van der Waals surface area contributed by atoms with Gasteiger partial charge in [0.05, 0.1) is 17.7 Å². The van der Waals surface area contributed by atoms with Crippen molar-refractivity contribution in [1.82, 2.24) is 4.90 Å². The molecule has 0 saturated carbocycles. The number of ketones is 1. The van der Waals surface area contributed by atoms with E-state index >= 15 is 0 Å². The maximum Gasteiger partial charge on any atom is 0.231 e. The number of ether oxygens (including phenoxy) is 3. The summed E-state index contributed by atoms with van der Waals surface area (Å²) in [4.78, 5) is 14.9. The van der Waals surface area contributed by atoms with E-state index in [9.17, 15) is 4.79 Å². The van der Waals surface area contributed by atoms with Crippen molar-refractivity contribution in [2.75, 3.05) is 27.0 Å². The average molecular weight is 416 g/mol. The van der Waals surface area contributed by atoms with Crippen LogP contribution in [0.4, 0.5) is 0 Å². The van der Waals surface area contributed by atoms with E-state index in [4.69, 9.17) is 14.2 Å². The number of benzene rings is 2. The first-order chi connectivity index (χ1) is 12.7. The van der Waals surface area contributed by atoms with Gasteiger partial charge in [0.15, 0.2) is 5.76 Å². The van der Waals surface area contributed by atoms with Gasteiger partial charge in [0.25, 0.3) is 0 Å². The lowest BCUT2D eigenvalue weighted by molar-refractivity contribution is 0.0646. The smallest absolute Gasteiger partial charge is 0.231 e. The number of rotatable bonds is 4. The molecule has 2 heterocycles. The first-order valence-electron chi connectivity index (χ1n) is 8.35. The van der Waals surface area contributed by atoms with Crippen molar-refractivity contribution >= 4 is 27.8 Å². The maximum absolute atomic E-state index is 12.7. The van der Waals surface area contributed by atoms with E-state index in [1.54, 1.807) is 19.3 Å². The molecular formula is C20H18BrNO4. The Morgan fingerprint density at radius 2 is 2.04 bits per heavy atom. The second-order valence-corrected chi connectivity index (χ2v) is 7.14. The Bertz CT molecular complexity index is 876. The zero-order chi connectivity index (χ0) is 18.1. The topological polar surface area (TPSA) is 48.0 Å². The van der Waals surface area contributed by atoms with Crippen LogP contribution in [0, 0.1) is 0 Å². The van der Waals surface area contributed by atoms with Crippen LogP contribution in [0.2, 0.25) is 0 Å². The summed E-state index contributed by atoms with van der Waals surface area (Å²) >= 11 is 3.41. The summed E-state index contributed by atoms with van der Waals surface area (Å²) in [5.74, 6) is 1.62. The zero-order valence-electron chi connectivity index (χ0n) is 14.3. The predicted molar refractivity (Wildman–Crippen MR) is 101 cm³/mol. The van der Waals surface area contributed by atoms with Crippen molar-refractivity contribution in [2.45, 2.75) is 6.54 Å². The van der Waals surface area contributed by atoms with E-state index in [1.807, 2.05) is 30.3 Å². The molecule has 2 aliphatic heterocycles. The number of hydrogen-bond acceptors (Lipinski definition) is 5. The average Bonchev–Trinajstić information content (AvgIpc) is 2.98. The molecule has 0 N–H and O–H groups in total. The molecule has 0 fully saturated rings. The molecule has 0 atom stereocenters. The number of nitrogens with zero attached hydrogens (tertiary/aromatic N) is 1. The number of fused-ring (bicyclic) bond motifs is 3. The van der Waals surface area contributed by atoms with Crippen molar-refractivity contribution in [1.29, 1.82) is 0 Å². The molecule has 5 nitrogen and oxygen atoms in total. The summed E-state index contributed by atoms with van der Waals surface area (Å²) in [6.07, 6.45) is 1.77. The highest BCUT2D eigenvalue weighted by Gasteiger charge is 2.33. The highest BCUT2D eigenvalue weighted by molar-refractivity contribution is 9.10. The maximum atomic E-state index is 12.7. The van der Waals surface area contributed by atoms with Gasteiger partial charge in [-0.1, -0.05) is 28.1 Å².